The van der Waals surface area contributed by atoms with Gasteiger partial charge in [-0.2, -0.15) is 16.8 Å². The summed E-state index contributed by atoms with van der Waals surface area (Å²) in [5, 5.41) is 0. The smallest absolute Gasteiger partial charge is 0.341 e. The number of carbonyl (C=O) groups is 2. The van der Waals surface area contributed by atoms with Gasteiger partial charge in [0.15, 0.2) is 0 Å². The lowest BCUT2D eigenvalue weighted by Gasteiger charge is -2.05. The third-order valence-corrected chi connectivity index (χ3v) is 5.69. The van der Waals surface area contributed by atoms with Gasteiger partial charge in [-0.25, -0.2) is 9.59 Å². The highest BCUT2D eigenvalue weighted by Gasteiger charge is 2.15. The van der Waals surface area contributed by atoms with Crippen molar-refractivity contribution in [3.05, 3.63) is 70.8 Å². The molecule has 0 aliphatic rings. The molecule has 0 radical (unpaired) electrons. The molecule has 0 heterocycles. The number of rotatable bonds is 6. The Morgan fingerprint density at radius 1 is 0.677 bits per heavy atom. The first-order valence-corrected chi connectivity index (χ1v) is 11.4. The first kappa shape index (κ1) is 24.2. The Labute approximate surface area is 179 Å². The summed E-state index contributed by atoms with van der Waals surface area (Å²) in [6.07, 6.45) is 2.74. The minimum absolute atomic E-state index is 0.0678. The summed E-state index contributed by atoms with van der Waals surface area (Å²) in [5.41, 5.74) is 1.03. The van der Waals surface area contributed by atoms with E-state index in [9.17, 15) is 26.4 Å². The molecule has 0 spiro atoms. The molecule has 0 fully saturated rings. The molecule has 0 atom stereocenters. The van der Waals surface area contributed by atoms with Crippen molar-refractivity contribution in [1.82, 2.24) is 0 Å². The maximum Gasteiger partial charge on any atom is 0.341 e. The maximum atomic E-state index is 12.1. The molecule has 164 valence electrons. The zero-order chi connectivity index (χ0) is 23.4. The van der Waals surface area contributed by atoms with Crippen LogP contribution < -0.4 is 0 Å². The van der Waals surface area contributed by atoms with Crippen molar-refractivity contribution in [3.63, 3.8) is 0 Å². The Balaban J connectivity index is 2.09. The predicted octanol–water partition coefficient (Wildman–Crippen LogP) is 2.76. The van der Waals surface area contributed by atoms with Crippen LogP contribution in [0.1, 0.15) is 25.0 Å². The summed E-state index contributed by atoms with van der Waals surface area (Å²) < 4.78 is 66.9. The molecule has 2 rings (SSSR count). The van der Waals surface area contributed by atoms with E-state index in [1.54, 1.807) is 0 Å². The summed E-state index contributed by atoms with van der Waals surface area (Å²) in [4.78, 5) is 23.7. The highest BCUT2D eigenvalue weighted by Crippen LogP contribution is 2.15. The fourth-order valence-corrected chi connectivity index (χ4v) is 3.30. The normalized spacial score (nSPS) is 13.0. The molecule has 0 aromatic heterocycles. The molecule has 0 amide bonds. The van der Waals surface area contributed by atoms with Crippen molar-refractivity contribution in [1.29, 1.82) is 0 Å². The molecular formula is C20H18O9S2. The molecule has 0 aliphatic heterocycles. The van der Waals surface area contributed by atoms with Crippen molar-refractivity contribution in [2.75, 3.05) is 0 Å². The van der Waals surface area contributed by atoms with Gasteiger partial charge in [0, 0.05) is 11.1 Å². The van der Waals surface area contributed by atoms with E-state index in [0.717, 1.165) is 24.3 Å². The molecule has 2 N–H and O–H groups in total. The monoisotopic (exact) mass is 466 g/mol. The number of carbonyl (C=O) groups excluding carboxylic acids is 2. The fourth-order valence-electron chi connectivity index (χ4n) is 2.34. The number of hydrogen-bond donors (Lipinski definition) is 2. The van der Waals surface area contributed by atoms with Crippen LogP contribution in [-0.4, -0.2) is 37.9 Å². The van der Waals surface area contributed by atoms with Crippen LogP contribution in [0.2, 0.25) is 0 Å². The summed E-state index contributed by atoms with van der Waals surface area (Å²) in [6.45, 7) is 2.80. The van der Waals surface area contributed by atoms with Gasteiger partial charge in [-0.05, 0) is 61.4 Å². The second-order valence-electron chi connectivity index (χ2n) is 6.42. The number of benzene rings is 2. The van der Waals surface area contributed by atoms with Crippen molar-refractivity contribution >= 4 is 44.3 Å². The van der Waals surface area contributed by atoms with E-state index in [-0.39, 0.29) is 20.9 Å². The van der Waals surface area contributed by atoms with E-state index in [4.69, 9.17) is 13.8 Å². The molecule has 31 heavy (non-hydrogen) atoms. The first-order chi connectivity index (χ1) is 14.3. The van der Waals surface area contributed by atoms with Crippen LogP contribution in [-0.2, 0) is 34.6 Å². The second-order valence-corrected chi connectivity index (χ2v) is 9.26. The van der Waals surface area contributed by atoms with Crippen LogP contribution in [0.25, 0.3) is 12.2 Å². The number of hydrogen-bond acceptors (Lipinski definition) is 7. The highest BCUT2D eigenvalue weighted by atomic mass is 32.2. The molecule has 0 unspecified atom stereocenters. The Morgan fingerprint density at radius 3 is 1.23 bits per heavy atom. The average molecular weight is 466 g/mol. The molecule has 9 nitrogen and oxygen atoms in total. The fraction of sp³-hybridized carbons (Fsp3) is 0.100. The van der Waals surface area contributed by atoms with Crippen molar-refractivity contribution in [3.8, 4) is 0 Å². The van der Waals surface area contributed by atoms with Gasteiger partial charge >= 0.3 is 11.9 Å². The third kappa shape index (κ3) is 6.96. The third-order valence-electron chi connectivity index (χ3n) is 3.95. The molecule has 2 aromatic rings. The Morgan fingerprint density at radius 2 is 0.968 bits per heavy atom. The van der Waals surface area contributed by atoms with Crippen LogP contribution >= 0.6 is 0 Å². The van der Waals surface area contributed by atoms with Crippen molar-refractivity contribution < 1.29 is 40.3 Å². The number of esters is 2. The van der Waals surface area contributed by atoms with Crippen molar-refractivity contribution in [2.24, 2.45) is 0 Å². The van der Waals surface area contributed by atoms with Gasteiger partial charge in [0.1, 0.15) is 0 Å². The number of ether oxygens (including phenoxy) is 1. The standard InChI is InChI=1S/C20H18O9S2/c1-13(11-15-3-7-17(8-4-15)30(23,24)25)19(21)29-20(22)14(2)12-16-5-9-18(10-6-16)31(26,27)28/h3-12H,1-2H3,(H,23,24,25)(H,26,27,28). The quantitative estimate of drug-likeness (QED) is 0.283. The highest BCUT2D eigenvalue weighted by molar-refractivity contribution is 7.86. The SMILES string of the molecule is CC(=Cc1ccc(S(=O)(=O)O)cc1)C(=O)OC(=O)C(C)=Cc1ccc(S(=O)(=O)O)cc1. The van der Waals surface area contributed by atoms with E-state index in [0.29, 0.717) is 11.1 Å². The van der Waals surface area contributed by atoms with E-state index in [1.165, 1.54) is 50.3 Å². The first-order valence-electron chi connectivity index (χ1n) is 8.55. The van der Waals surface area contributed by atoms with Gasteiger partial charge in [-0.15, -0.1) is 0 Å². The van der Waals surface area contributed by atoms with E-state index >= 15 is 0 Å². The van der Waals surface area contributed by atoms with Crippen LogP contribution in [0.3, 0.4) is 0 Å². The molecule has 0 aliphatic carbocycles. The van der Waals surface area contributed by atoms with Gasteiger partial charge in [0.2, 0.25) is 0 Å². The Kier molecular flexibility index (Phi) is 7.28. The van der Waals surface area contributed by atoms with Crippen LogP contribution in [0, 0.1) is 0 Å². The van der Waals surface area contributed by atoms with Gasteiger partial charge in [-0.1, -0.05) is 24.3 Å². The predicted molar refractivity (Wildman–Crippen MR) is 111 cm³/mol. The molecule has 11 heteroatoms. The Bertz CT molecular complexity index is 1170. The van der Waals surface area contributed by atoms with Crippen molar-refractivity contribution in [2.45, 2.75) is 23.6 Å². The molecule has 2 aromatic carbocycles. The lowest BCUT2D eigenvalue weighted by Crippen LogP contribution is -2.13. The Hall–Kier alpha value is -3.12. The van der Waals surface area contributed by atoms with E-state index in [1.807, 2.05) is 0 Å². The summed E-state index contributed by atoms with van der Waals surface area (Å²) in [5.74, 6) is -1.84. The second kappa shape index (κ2) is 9.35. The minimum Gasteiger partial charge on any atom is -0.386 e. The summed E-state index contributed by atoms with van der Waals surface area (Å²) >= 11 is 0. The molecular weight excluding hydrogens is 448 g/mol. The summed E-state index contributed by atoms with van der Waals surface area (Å²) in [6, 6.07) is 10.1. The van der Waals surface area contributed by atoms with Crippen LogP contribution in [0.15, 0.2) is 69.5 Å². The van der Waals surface area contributed by atoms with Crippen LogP contribution in [0.4, 0.5) is 0 Å². The minimum atomic E-state index is -4.33. The maximum absolute atomic E-state index is 12.1. The lowest BCUT2D eigenvalue weighted by atomic mass is 10.1. The topological polar surface area (TPSA) is 152 Å². The van der Waals surface area contributed by atoms with Gasteiger partial charge in [0.05, 0.1) is 9.79 Å². The van der Waals surface area contributed by atoms with E-state index in [2.05, 4.69) is 0 Å². The molecule has 0 saturated carbocycles. The van der Waals surface area contributed by atoms with Gasteiger partial charge < -0.3 is 4.74 Å². The largest absolute Gasteiger partial charge is 0.386 e. The lowest BCUT2D eigenvalue weighted by molar-refractivity contribution is -0.153. The summed E-state index contributed by atoms with van der Waals surface area (Å²) in [7, 11) is -8.66. The van der Waals surface area contributed by atoms with Crippen LogP contribution in [0.5, 0.6) is 0 Å². The zero-order valence-electron chi connectivity index (χ0n) is 16.3. The average Bonchev–Trinajstić information content (AvgIpc) is 2.67. The van der Waals surface area contributed by atoms with Gasteiger partial charge in [0.25, 0.3) is 20.2 Å². The van der Waals surface area contributed by atoms with Gasteiger partial charge in [-0.3, -0.25) is 9.11 Å². The van der Waals surface area contributed by atoms with E-state index < -0.39 is 32.2 Å². The zero-order valence-corrected chi connectivity index (χ0v) is 18.0. The molecule has 0 bridgehead atoms. The molecule has 0 saturated heterocycles.